The van der Waals surface area contributed by atoms with Gasteiger partial charge in [0.05, 0.1) is 4.83 Å². The maximum absolute atomic E-state index is 11.5. The van der Waals surface area contributed by atoms with Gasteiger partial charge >= 0.3 is 0 Å². The molecule has 0 aliphatic rings. The van der Waals surface area contributed by atoms with Gasteiger partial charge in [-0.1, -0.05) is 36.7 Å². The van der Waals surface area contributed by atoms with Gasteiger partial charge in [-0.25, -0.2) is 0 Å². The molecule has 90 valence electrons. The van der Waals surface area contributed by atoms with Crippen molar-refractivity contribution in [3.63, 3.8) is 0 Å². The fourth-order valence-electron chi connectivity index (χ4n) is 1.27. The Morgan fingerprint density at radius 2 is 2.13 bits per heavy atom. The Balaban J connectivity index is 3.86. The zero-order chi connectivity index (χ0) is 11.9. The highest BCUT2D eigenvalue weighted by atomic mass is 79.9. The van der Waals surface area contributed by atoms with Gasteiger partial charge in [0.25, 0.3) is 0 Å². The van der Waals surface area contributed by atoms with E-state index in [-0.39, 0.29) is 22.8 Å². The standard InChI is InChI=1S/C11H22BrNO2/c1-4-9(12)10(15)13-8-11(2,3)6-5-7-14/h9,14H,4-8H2,1-3H3,(H,13,15). The molecule has 4 heteroatoms. The van der Waals surface area contributed by atoms with Crippen molar-refractivity contribution in [3.8, 4) is 0 Å². The minimum absolute atomic E-state index is 0.0505. The predicted molar refractivity (Wildman–Crippen MR) is 66.1 cm³/mol. The molecule has 0 rings (SSSR count). The third-order valence-corrected chi connectivity index (χ3v) is 3.46. The highest BCUT2D eigenvalue weighted by Gasteiger charge is 2.20. The van der Waals surface area contributed by atoms with E-state index in [0.29, 0.717) is 6.54 Å². The molecule has 0 saturated heterocycles. The van der Waals surface area contributed by atoms with Gasteiger partial charge in [-0.05, 0) is 24.7 Å². The summed E-state index contributed by atoms with van der Waals surface area (Å²) in [4.78, 5) is 11.4. The van der Waals surface area contributed by atoms with Crippen molar-refractivity contribution >= 4 is 21.8 Å². The molecule has 3 nitrogen and oxygen atoms in total. The first kappa shape index (κ1) is 14.9. The van der Waals surface area contributed by atoms with Gasteiger partial charge in [-0.2, -0.15) is 0 Å². The smallest absolute Gasteiger partial charge is 0.233 e. The Morgan fingerprint density at radius 1 is 1.53 bits per heavy atom. The van der Waals surface area contributed by atoms with E-state index >= 15 is 0 Å². The van der Waals surface area contributed by atoms with Gasteiger partial charge in [0.2, 0.25) is 5.91 Å². The lowest BCUT2D eigenvalue weighted by Crippen LogP contribution is -2.38. The first-order chi connectivity index (χ1) is 6.93. The number of alkyl halides is 1. The molecule has 15 heavy (non-hydrogen) atoms. The van der Waals surface area contributed by atoms with Gasteiger partial charge in [-0.15, -0.1) is 0 Å². The third kappa shape index (κ3) is 6.90. The molecule has 0 aromatic heterocycles. The van der Waals surface area contributed by atoms with Crippen molar-refractivity contribution in [2.24, 2.45) is 5.41 Å². The number of rotatable bonds is 7. The maximum Gasteiger partial charge on any atom is 0.233 e. The van der Waals surface area contributed by atoms with Crippen LogP contribution in [-0.2, 0) is 4.79 Å². The first-order valence-electron chi connectivity index (χ1n) is 5.45. The molecule has 0 aliphatic heterocycles. The van der Waals surface area contributed by atoms with E-state index in [1.807, 2.05) is 6.92 Å². The van der Waals surface area contributed by atoms with Crippen molar-refractivity contribution in [1.82, 2.24) is 5.32 Å². The molecule has 0 bridgehead atoms. The van der Waals surface area contributed by atoms with E-state index in [4.69, 9.17) is 5.11 Å². The minimum atomic E-state index is -0.0915. The Bertz CT molecular complexity index is 195. The molecule has 1 atom stereocenters. The SMILES string of the molecule is CCC(Br)C(=O)NCC(C)(C)CCCO. The molecule has 2 N–H and O–H groups in total. The van der Waals surface area contributed by atoms with Crippen LogP contribution in [-0.4, -0.2) is 29.0 Å². The van der Waals surface area contributed by atoms with Crippen molar-refractivity contribution in [3.05, 3.63) is 0 Å². The Labute approximate surface area is 101 Å². The number of carbonyl (C=O) groups excluding carboxylic acids is 1. The van der Waals surface area contributed by atoms with E-state index in [0.717, 1.165) is 19.3 Å². The van der Waals surface area contributed by atoms with Crippen molar-refractivity contribution < 1.29 is 9.90 Å². The summed E-state index contributed by atoms with van der Waals surface area (Å²) >= 11 is 3.31. The van der Waals surface area contributed by atoms with Crippen LogP contribution in [0.2, 0.25) is 0 Å². The molecule has 0 saturated carbocycles. The van der Waals surface area contributed by atoms with E-state index in [1.165, 1.54) is 0 Å². The van der Waals surface area contributed by atoms with Gasteiger partial charge in [-0.3, -0.25) is 4.79 Å². The molecule has 0 aliphatic carbocycles. The normalized spacial score (nSPS) is 13.7. The van der Waals surface area contributed by atoms with Gasteiger partial charge in [0.15, 0.2) is 0 Å². The number of halogens is 1. The van der Waals surface area contributed by atoms with Crippen molar-refractivity contribution in [2.75, 3.05) is 13.2 Å². The Hall–Kier alpha value is -0.0900. The summed E-state index contributed by atoms with van der Waals surface area (Å²) < 4.78 is 0. The summed E-state index contributed by atoms with van der Waals surface area (Å²) in [5, 5.41) is 11.7. The molecule has 0 heterocycles. The second kappa shape index (κ2) is 7.23. The number of aliphatic hydroxyl groups excluding tert-OH is 1. The molecule has 1 amide bonds. The van der Waals surface area contributed by atoms with Gasteiger partial charge in [0.1, 0.15) is 0 Å². The van der Waals surface area contributed by atoms with Gasteiger partial charge in [0, 0.05) is 13.2 Å². The van der Waals surface area contributed by atoms with Crippen LogP contribution in [0.25, 0.3) is 0 Å². The van der Waals surface area contributed by atoms with Crippen LogP contribution in [0, 0.1) is 5.41 Å². The molecular formula is C11H22BrNO2. The highest BCUT2D eigenvalue weighted by molar-refractivity contribution is 9.10. The molecular weight excluding hydrogens is 258 g/mol. The zero-order valence-corrected chi connectivity index (χ0v) is 11.4. The van der Waals surface area contributed by atoms with Crippen LogP contribution in [0.1, 0.15) is 40.0 Å². The number of nitrogens with one attached hydrogen (secondary N) is 1. The summed E-state index contributed by atoms with van der Waals surface area (Å²) in [6.45, 7) is 7.04. The fraction of sp³-hybridized carbons (Fsp3) is 0.909. The van der Waals surface area contributed by atoms with E-state index in [2.05, 4.69) is 35.1 Å². The lowest BCUT2D eigenvalue weighted by molar-refractivity contribution is -0.120. The Morgan fingerprint density at radius 3 is 2.60 bits per heavy atom. The highest BCUT2D eigenvalue weighted by Crippen LogP contribution is 2.21. The predicted octanol–water partition coefficient (Wildman–Crippen LogP) is 2.07. The van der Waals surface area contributed by atoms with E-state index in [9.17, 15) is 4.79 Å². The second-order valence-electron chi connectivity index (χ2n) is 4.58. The van der Waals surface area contributed by atoms with Crippen LogP contribution >= 0.6 is 15.9 Å². The largest absolute Gasteiger partial charge is 0.396 e. The van der Waals surface area contributed by atoms with Crippen molar-refractivity contribution in [2.45, 2.75) is 44.9 Å². The summed E-state index contributed by atoms with van der Waals surface area (Å²) in [5.41, 5.74) is 0.0544. The lowest BCUT2D eigenvalue weighted by atomic mass is 9.88. The molecule has 0 fully saturated rings. The zero-order valence-electron chi connectivity index (χ0n) is 9.85. The Kier molecular flexibility index (Phi) is 7.18. The number of carbonyl (C=O) groups is 1. The first-order valence-corrected chi connectivity index (χ1v) is 6.37. The number of aliphatic hydroxyl groups is 1. The second-order valence-corrected chi connectivity index (χ2v) is 5.69. The van der Waals surface area contributed by atoms with Crippen LogP contribution in [0.4, 0.5) is 0 Å². The fourth-order valence-corrected chi connectivity index (χ4v) is 1.43. The minimum Gasteiger partial charge on any atom is -0.396 e. The van der Waals surface area contributed by atoms with Crippen LogP contribution < -0.4 is 5.32 Å². The molecule has 0 radical (unpaired) electrons. The van der Waals surface area contributed by atoms with Crippen molar-refractivity contribution in [1.29, 1.82) is 0 Å². The summed E-state index contributed by atoms with van der Waals surface area (Å²) in [6.07, 6.45) is 2.50. The quantitative estimate of drug-likeness (QED) is 0.701. The summed E-state index contributed by atoms with van der Waals surface area (Å²) in [5.74, 6) is 0.0505. The average Bonchev–Trinajstić information content (AvgIpc) is 2.22. The number of hydrogen-bond donors (Lipinski definition) is 2. The third-order valence-electron chi connectivity index (χ3n) is 2.40. The molecule has 1 unspecified atom stereocenters. The van der Waals surface area contributed by atoms with Gasteiger partial charge < -0.3 is 10.4 Å². The van der Waals surface area contributed by atoms with Crippen LogP contribution in [0.5, 0.6) is 0 Å². The number of amides is 1. The van der Waals surface area contributed by atoms with E-state index < -0.39 is 0 Å². The summed E-state index contributed by atoms with van der Waals surface area (Å²) in [6, 6.07) is 0. The molecule has 0 aromatic rings. The molecule has 0 aromatic carbocycles. The molecule has 0 spiro atoms. The van der Waals surface area contributed by atoms with E-state index in [1.54, 1.807) is 0 Å². The lowest BCUT2D eigenvalue weighted by Gasteiger charge is -2.25. The maximum atomic E-state index is 11.5. The monoisotopic (exact) mass is 279 g/mol. The summed E-state index contributed by atoms with van der Waals surface area (Å²) in [7, 11) is 0. The topological polar surface area (TPSA) is 49.3 Å². The van der Waals surface area contributed by atoms with Crippen LogP contribution in [0.15, 0.2) is 0 Å². The average molecular weight is 280 g/mol. The van der Waals surface area contributed by atoms with Crippen LogP contribution in [0.3, 0.4) is 0 Å². The number of hydrogen-bond acceptors (Lipinski definition) is 2.